The van der Waals surface area contributed by atoms with Crippen LogP contribution in [0.25, 0.3) is 0 Å². The van der Waals surface area contributed by atoms with Crippen LogP contribution in [0, 0.1) is 0 Å². The first-order chi connectivity index (χ1) is 9.17. The molecule has 0 N–H and O–H groups in total. The van der Waals surface area contributed by atoms with Gasteiger partial charge in [-0.15, -0.1) is 0 Å². The summed E-state index contributed by atoms with van der Waals surface area (Å²) in [5.41, 5.74) is 0. The summed E-state index contributed by atoms with van der Waals surface area (Å²) in [6.07, 6.45) is -4.63. The Balaban J connectivity index is 4.20. The summed E-state index contributed by atoms with van der Waals surface area (Å²) in [4.78, 5) is 24.4. The van der Waals surface area contributed by atoms with Gasteiger partial charge in [0.05, 0.1) is 19.6 Å². The minimum absolute atomic E-state index is 0.202. The zero-order chi connectivity index (χ0) is 15.8. The van der Waals surface area contributed by atoms with Crippen LogP contribution in [0.4, 0.5) is 13.2 Å². The van der Waals surface area contributed by atoms with Crippen LogP contribution in [0.15, 0.2) is 0 Å². The number of carbonyl (C=O) groups is 2. The fourth-order valence-corrected chi connectivity index (χ4v) is 1.40. The molecule has 0 saturated carbocycles. The predicted octanol–water partition coefficient (Wildman–Crippen LogP) is 1.76. The number of hydrogen-bond acceptors (Lipinski definition) is 4. The predicted molar refractivity (Wildman–Crippen MR) is 65.0 cm³/mol. The molecule has 0 aliphatic carbocycles. The normalized spacial score (nSPS) is 11.6. The number of carbonyl (C=O) groups excluding carboxylic acids is 2. The van der Waals surface area contributed by atoms with Crippen molar-refractivity contribution in [1.82, 2.24) is 4.90 Å². The third-order valence-electron chi connectivity index (χ3n) is 2.27. The van der Waals surface area contributed by atoms with Crippen LogP contribution < -0.4 is 0 Å². The Labute approximate surface area is 116 Å². The van der Waals surface area contributed by atoms with E-state index in [0.717, 1.165) is 0 Å². The molecule has 118 valence electrons. The lowest BCUT2D eigenvalue weighted by Crippen LogP contribution is -2.41. The highest BCUT2D eigenvalue weighted by molar-refractivity contribution is 5.82. The first kappa shape index (κ1) is 18.7. The molecule has 0 aromatic rings. The SMILES string of the molecule is CCOC(=O)CN(C(=O)CCOCC(F)(F)F)C(C)C. The first-order valence-electron chi connectivity index (χ1n) is 6.27. The molecule has 0 fully saturated rings. The smallest absolute Gasteiger partial charge is 0.411 e. The lowest BCUT2D eigenvalue weighted by Gasteiger charge is -2.25. The van der Waals surface area contributed by atoms with Crippen molar-refractivity contribution >= 4 is 11.9 Å². The maximum absolute atomic E-state index is 11.8. The molecule has 0 atom stereocenters. The van der Waals surface area contributed by atoms with E-state index in [2.05, 4.69) is 4.74 Å². The van der Waals surface area contributed by atoms with Crippen molar-refractivity contribution in [2.24, 2.45) is 0 Å². The number of ether oxygens (including phenoxy) is 2. The van der Waals surface area contributed by atoms with Gasteiger partial charge in [0.1, 0.15) is 13.2 Å². The molecule has 0 spiro atoms. The third kappa shape index (κ3) is 8.73. The van der Waals surface area contributed by atoms with Gasteiger partial charge in [-0.1, -0.05) is 0 Å². The van der Waals surface area contributed by atoms with Crippen molar-refractivity contribution in [1.29, 1.82) is 0 Å². The standard InChI is InChI=1S/C12H20F3NO4/c1-4-20-11(18)7-16(9(2)3)10(17)5-6-19-8-12(13,14)15/h9H,4-8H2,1-3H3. The van der Waals surface area contributed by atoms with Crippen molar-refractivity contribution in [2.75, 3.05) is 26.4 Å². The fraction of sp³-hybridized carbons (Fsp3) is 0.833. The van der Waals surface area contributed by atoms with Crippen LogP contribution in [-0.2, 0) is 19.1 Å². The van der Waals surface area contributed by atoms with E-state index in [0.29, 0.717) is 0 Å². The summed E-state index contributed by atoms with van der Waals surface area (Å²) < 4.78 is 44.6. The second-order valence-electron chi connectivity index (χ2n) is 4.34. The average molecular weight is 299 g/mol. The second-order valence-corrected chi connectivity index (χ2v) is 4.34. The van der Waals surface area contributed by atoms with Crippen LogP contribution in [0.5, 0.6) is 0 Å². The summed E-state index contributed by atoms with van der Waals surface area (Å²) in [7, 11) is 0. The van der Waals surface area contributed by atoms with Crippen LogP contribution in [-0.4, -0.2) is 55.4 Å². The first-order valence-corrected chi connectivity index (χ1v) is 6.27. The summed E-state index contributed by atoms with van der Waals surface area (Å²) in [6.45, 7) is 3.30. The lowest BCUT2D eigenvalue weighted by atomic mass is 10.2. The molecule has 0 saturated heterocycles. The molecule has 0 rings (SSSR count). The lowest BCUT2D eigenvalue weighted by molar-refractivity contribution is -0.175. The summed E-state index contributed by atoms with van der Waals surface area (Å²) >= 11 is 0. The van der Waals surface area contributed by atoms with Crippen molar-refractivity contribution < 1.29 is 32.2 Å². The van der Waals surface area contributed by atoms with Crippen LogP contribution in [0.2, 0.25) is 0 Å². The highest BCUT2D eigenvalue weighted by Crippen LogP contribution is 2.14. The van der Waals surface area contributed by atoms with Crippen molar-refractivity contribution in [3.63, 3.8) is 0 Å². The Morgan fingerprint density at radius 1 is 1.25 bits per heavy atom. The van der Waals surface area contributed by atoms with E-state index in [1.807, 2.05) is 0 Å². The van der Waals surface area contributed by atoms with Gasteiger partial charge in [-0.05, 0) is 20.8 Å². The van der Waals surface area contributed by atoms with E-state index < -0.39 is 24.7 Å². The molecule has 0 unspecified atom stereocenters. The maximum atomic E-state index is 11.8. The zero-order valence-electron chi connectivity index (χ0n) is 11.8. The van der Waals surface area contributed by atoms with Gasteiger partial charge in [0.25, 0.3) is 0 Å². The van der Waals surface area contributed by atoms with Crippen LogP contribution in [0.3, 0.4) is 0 Å². The summed E-state index contributed by atoms with van der Waals surface area (Å²) in [6, 6.07) is -0.255. The molecule has 20 heavy (non-hydrogen) atoms. The topological polar surface area (TPSA) is 55.8 Å². The van der Waals surface area contributed by atoms with Crippen LogP contribution >= 0.6 is 0 Å². The molecule has 0 aliphatic heterocycles. The Morgan fingerprint density at radius 3 is 2.30 bits per heavy atom. The minimum atomic E-state index is -4.41. The van der Waals surface area contributed by atoms with Gasteiger partial charge in [0.2, 0.25) is 5.91 Å². The molecule has 0 bridgehead atoms. The number of nitrogens with zero attached hydrogens (tertiary/aromatic N) is 1. The molecule has 0 aliphatic rings. The monoisotopic (exact) mass is 299 g/mol. The molecule has 8 heteroatoms. The van der Waals surface area contributed by atoms with Gasteiger partial charge < -0.3 is 14.4 Å². The molecule has 0 aromatic heterocycles. The van der Waals surface area contributed by atoms with E-state index in [1.165, 1.54) is 4.90 Å². The summed E-state index contributed by atoms with van der Waals surface area (Å²) in [5, 5.41) is 0. The average Bonchev–Trinajstić information content (AvgIpc) is 2.30. The van der Waals surface area contributed by atoms with E-state index in [-0.39, 0.29) is 32.2 Å². The summed E-state index contributed by atoms with van der Waals surface area (Å²) in [5.74, 6) is -0.999. The number of halogens is 3. The minimum Gasteiger partial charge on any atom is -0.465 e. The number of hydrogen-bond donors (Lipinski definition) is 0. The van der Waals surface area contributed by atoms with Gasteiger partial charge in [-0.2, -0.15) is 13.2 Å². The van der Waals surface area contributed by atoms with E-state index in [1.54, 1.807) is 20.8 Å². The Bertz CT molecular complexity index is 318. The molecular weight excluding hydrogens is 279 g/mol. The van der Waals surface area contributed by atoms with Crippen molar-refractivity contribution in [2.45, 2.75) is 39.4 Å². The molecule has 5 nitrogen and oxygen atoms in total. The molecule has 1 amide bonds. The number of alkyl halides is 3. The number of esters is 1. The van der Waals surface area contributed by atoms with Crippen molar-refractivity contribution in [3.8, 4) is 0 Å². The van der Waals surface area contributed by atoms with E-state index in [4.69, 9.17) is 4.74 Å². The molecular formula is C12H20F3NO4. The van der Waals surface area contributed by atoms with E-state index >= 15 is 0 Å². The van der Waals surface area contributed by atoms with Gasteiger partial charge in [0.15, 0.2) is 0 Å². The van der Waals surface area contributed by atoms with Gasteiger partial charge in [0, 0.05) is 6.04 Å². The number of rotatable bonds is 8. The Morgan fingerprint density at radius 2 is 1.85 bits per heavy atom. The maximum Gasteiger partial charge on any atom is 0.411 e. The quantitative estimate of drug-likeness (QED) is 0.506. The van der Waals surface area contributed by atoms with E-state index in [9.17, 15) is 22.8 Å². The van der Waals surface area contributed by atoms with Gasteiger partial charge in [-0.25, -0.2) is 0 Å². The second kappa shape index (κ2) is 8.78. The van der Waals surface area contributed by atoms with Gasteiger partial charge >= 0.3 is 12.1 Å². The molecule has 0 heterocycles. The Hall–Kier alpha value is -1.31. The van der Waals surface area contributed by atoms with Gasteiger partial charge in [-0.3, -0.25) is 9.59 Å². The van der Waals surface area contributed by atoms with Crippen LogP contribution in [0.1, 0.15) is 27.2 Å². The highest BCUT2D eigenvalue weighted by Gasteiger charge is 2.27. The molecule has 0 aromatic carbocycles. The Kier molecular flexibility index (Phi) is 8.21. The highest BCUT2D eigenvalue weighted by atomic mass is 19.4. The zero-order valence-corrected chi connectivity index (χ0v) is 11.8. The number of amides is 1. The third-order valence-corrected chi connectivity index (χ3v) is 2.27. The van der Waals surface area contributed by atoms with Crippen molar-refractivity contribution in [3.05, 3.63) is 0 Å². The fourth-order valence-electron chi connectivity index (χ4n) is 1.40. The largest absolute Gasteiger partial charge is 0.465 e. The molecule has 0 radical (unpaired) electrons.